The topological polar surface area (TPSA) is 154 Å². The standard InChI is InChI=1S/C30H45N5O7S/c1-19(31-2)27(36)33-25(21-13-9-6-10-14-21)29(38)34-16-15-24-26(34)22(18-35(24)43(4,40)41)28(37)32-23(30(39)42-3)17-20-11-7-5-8-12-20/h5,7-8,11-12,19,21-26,31H,6,9-10,13-18H2,1-4H3,(H,32,37)(H,33,36)/t19-,22+,23+,24-,25+,26-/m1/s1. The highest BCUT2D eigenvalue weighted by Gasteiger charge is 2.56. The number of hydrogen-bond acceptors (Lipinski definition) is 8. The zero-order chi connectivity index (χ0) is 31.3. The van der Waals surface area contributed by atoms with Gasteiger partial charge in [-0.05, 0) is 44.7 Å². The van der Waals surface area contributed by atoms with Crippen molar-refractivity contribution < 1.29 is 32.3 Å². The Labute approximate surface area is 254 Å². The average molecular weight is 620 g/mol. The fourth-order valence-corrected chi connectivity index (χ4v) is 7.97. The number of methoxy groups -OCH3 is 1. The number of likely N-dealkylation sites (N-methyl/N-ethyl adjacent to an activating group) is 1. The summed E-state index contributed by atoms with van der Waals surface area (Å²) >= 11 is 0. The van der Waals surface area contributed by atoms with Crippen LogP contribution in [0.5, 0.6) is 0 Å². The first-order chi connectivity index (χ1) is 20.5. The molecule has 0 unspecified atom stereocenters. The van der Waals surface area contributed by atoms with E-state index in [0.29, 0.717) is 6.42 Å². The van der Waals surface area contributed by atoms with E-state index >= 15 is 0 Å². The number of hydrogen-bond donors (Lipinski definition) is 3. The number of amides is 3. The Morgan fingerprint density at radius 2 is 1.70 bits per heavy atom. The molecule has 3 N–H and O–H groups in total. The van der Waals surface area contributed by atoms with E-state index < -0.39 is 58.0 Å². The molecule has 0 spiro atoms. The van der Waals surface area contributed by atoms with Gasteiger partial charge in [0.1, 0.15) is 12.1 Å². The molecule has 6 atom stereocenters. The van der Waals surface area contributed by atoms with Crippen molar-refractivity contribution in [2.24, 2.45) is 11.8 Å². The lowest BCUT2D eigenvalue weighted by atomic mass is 9.83. The summed E-state index contributed by atoms with van der Waals surface area (Å²) < 4.78 is 31.9. The van der Waals surface area contributed by atoms with Gasteiger partial charge in [-0.3, -0.25) is 14.4 Å². The Kier molecular flexibility index (Phi) is 10.8. The van der Waals surface area contributed by atoms with Crippen LogP contribution in [0.4, 0.5) is 0 Å². The molecule has 1 aromatic rings. The normalized spacial score (nSPS) is 24.9. The van der Waals surface area contributed by atoms with Crippen LogP contribution in [-0.2, 0) is 40.4 Å². The Hall–Kier alpha value is -3.03. The number of carbonyl (C=O) groups is 4. The largest absolute Gasteiger partial charge is 0.467 e. The highest BCUT2D eigenvalue weighted by molar-refractivity contribution is 7.88. The quantitative estimate of drug-likeness (QED) is 0.301. The van der Waals surface area contributed by atoms with Crippen LogP contribution < -0.4 is 16.0 Å². The zero-order valence-electron chi connectivity index (χ0n) is 25.5. The third-order valence-electron chi connectivity index (χ3n) is 9.22. The number of nitrogens with one attached hydrogen (secondary N) is 3. The predicted molar refractivity (Wildman–Crippen MR) is 160 cm³/mol. The summed E-state index contributed by atoms with van der Waals surface area (Å²) in [4.78, 5) is 55.4. The molecule has 43 heavy (non-hydrogen) atoms. The van der Waals surface area contributed by atoms with Crippen LogP contribution in [-0.4, -0.2) is 105 Å². The molecule has 0 bridgehead atoms. The van der Waals surface area contributed by atoms with Gasteiger partial charge >= 0.3 is 5.97 Å². The molecule has 2 saturated heterocycles. The average Bonchev–Trinajstić information content (AvgIpc) is 3.60. The van der Waals surface area contributed by atoms with Crippen LogP contribution in [0, 0.1) is 11.8 Å². The highest BCUT2D eigenvalue weighted by atomic mass is 32.2. The molecule has 12 nitrogen and oxygen atoms in total. The lowest BCUT2D eigenvalue weighted by Gasteiger charge is -2.36. The minimum atomic E-state index is -3.70. The maximum Gasteiger partial charge on any atom is 0.328 e. The Balaban J connectivity index is 1.62. The minimum Gasteiger partial charge on any atom is -0.467 e. The van der Waals surface area contributed by atoms with Gasteiger partial charge in [-0.25, -0.2) is 13.2 Å². The summed E-state index contributed by atoms with van der Waals surface area (Å²) in [5, 5.41) is 8.69. The summed E-state index contributed by atoms with van der Waals surface area (Å²) in [6, 6.07) is 5.60. The molecular weight excluding hydrogens is 574 g/mol. The molecule has 3 aliphatic rings. The molecule has 0 aromatic heterocycles. The van der Waals surface area contributed by atoms with Crippen molar-refractivity contribution in [3.05, 3.63) is 35.9 Å². The van der Waals surface area contributed by atoms with E-state index in [-0.39, 0.29) is 37.2 Å². The lowest BCUT2D eigenvalue weighted by molar-refractivity contribution is -0.146. The van der Waals surface area contributed by atoms with Crippen LogP contribution in [0.3, 0.4) is 0 Å². The second kappa shape index (κ2) is 14.2. The van der Waals surface area contributed by atoms with Gasteiger partial charge in [-0.1, -0.05) is 49.6 Å². The first-order valence-electron chi connectivity index (χ1n) is 15.1. The van der Waals surface area contributed by atoms with Crippen molar-refractivity contribution in [1.29, 1.82) is 0 Å². The van der Waals surface area contributed by atoms with Crippen LogP contribution in [0.1, 0.15) is 51.0 Å². The Morgan fingerprint density at radius 1 is 1.02 bits per heavy atom. The first-order valence-corrected chi connectivity index (χ1v) is 17.0. The number of carbonyl (C=O) groups excluding carboxylic acids is 4. The number of rotatable bonds is 11. The Bertz CT molecular complexity index is 1270. The van der Waals surface area contributed by atoms with Gasteiger partial charge in [-0.15, -0.1) is 0 Å². The van der Waals surface area contributed by atoms with E-state index in [1.807, 2.05) is 30.3 Å². The monoisotopic (exact) mass is 619 g/mol. The molecule has 0 radical (unpaired) electrons. The molecule has 238 valence electrons. The van der Waals surface area contributed by atoms with E-state index in [4.69, 9.17) is 4.74 Å². The number of ether oxygens (including phenoxy) is 1. The summed E-state index contributed by atoms with van der Waals surface area (Å²) in [5.41, 5.74) is 0.819. The maximum atomic E-state index is 14.3. The maximum absolute atomic E-state index is 14.3. The molecular formula is C30H45N5O7S. The number of esters is 1. The van der Waals surface area contributed by atoms with Crippen molar-refractivity contribution in [3.63, 3.8) is 0 Å². The van der Waals surface area contributed by atoms with E-state index in [1.165, 1.54) is 11.4 Å². The van der Waals surface area contributed by atoms with Crippen molar-refractivity contribution in [2.75, 3.05) is 33.5 Å². The van der Waals surface area contributed by atoms with E-state index in [2.05, 4.69) is 16.0 Å². The lowest BCUT2D eigenvalue weighted by Crippen LogP contribution is -2.58. The molecule has 1 aromatic carbocycles. The van der Waals surface area contributed by atoms with Gasteiger partial charge < -0.3 is 25.6 Å². The van der Waals surface area contributed by atoms with Gasteiger partial charge in [0.25, 0.3) is 0 Å². The fourth-order valence-electron chi connectivity index (χ4n) is 6.81. The van der Waals surface area contributed by atoms with Crippen molar-refractivity contribution >= 4 is 33.7 Å². The summed E-state index contributed by atoms with van der Waals surface area (Å²) in [5.74, 6) is -2.69. The van der Waals surface area contributed by atoms with Crippen molar-refractivity contribution in [2.45, 2.75) is 82.1 Å². The van der Waals surface area contributed by atoms with E-state index in [1.54, 1.807) is 18.9 Å². The molecule has 13 heteroatoms. The van der Waals surface area contributed by atoms with Gasteiger partial charge in [-0.2, -0.15) is 4.31 Å². The molecule has 4 rings (SSSR count). The third-order valence-corrected chi connectivity index (χ3v) is 10.5. The fraction of sp³-hybridized carbons (Fsp3) is 0.667. The van der Waals surface area contributed by atoms with Gasteiger partial charge in [0, 0.05) is 25.6 Å². The molecule has 3 fully saturated rings. The molecule has 2 aliphatic heterocycles. The molecule has 3 amide bonds. The minimum absolute atomic E-state index is 0.0532. The highest BCUT2D eigenvalue weighted by Crippen LogP contribution is 2.39. The third kappa shape index (κ3) is 7.55. The number of sulfonamides is 1. The number of likely N-dealkylation sites (tertiary alicyclic amines) is 1. The van der Waals surface area contributed by atoms with Crippen LogP contribution >= 0.6 is 0 Å². The zero-order valence-corrected chi connectivity index (χ0v) is 26.3. The summed E-state index contributed by atoms with van der Waals surface area (Å²) in [6.07, 6.45) is 6.25. The number of nitrogens with zero attached hydrogens (tertiary/aromatic N) is 2. The van der Waals surface area contributed by atoms with Crippen molar-refractivity contribution in [1.82, 2.24) is 25.2 Å². The first kappa shape index (κ1) is 32.9. The predicted octanol–water partition coefficient (Wildman–Crippen LogP) is 0.421. The van der Waals surface area contributed by atoms with E-state index in [9.17, 15) is 27.6 Å². The van der Waals surface area contributed by atoms with E-state index in [0.717, 1.165) is 43.9 Å². The van der Waals surface area contributed by atoms with Gasteiger partial charge in [0.2, 0.25) is 27.7 Å². The van der Waals surface area contributed by atoms with Crippen LogP contribution in [0.2, 0.25) is 0 Å². The molecule has 1 aliphatic carbocycles. The number of fused-ring (bicyclic) bond motifs is 1. The summed E-state index contributed by atoms with van der Waals surface area (Å²) in [6.45, 7) is 1.87. The van der Waals surface area contributed by atoms with Crippen molar-refractivity contribution in [3.8, 4) is 0 Å². The SMILES string of the molecule is CN[C@H](C)C(=O)N[C@H](C(=O)N1CC[C@@H]2[C@H]1[C@@H](C(=O)N[C@@H](Cc1ccccc1)C(=O)OC)CN2S(C)(=O)=O)C1CCCCC1. The molecule has 1 saturated carbocycles. The summed E-state index contributed by atoms with van der Waals surface area (Å²) in [7, 11) is -0.779. The van der Waals surface area contributed by atoms with Crippen LogP contribution in [0.25, 0.3) is 0 Å². The second-order valence-electron chi connectivity index (χ2n) is 12.0. The number of benzene rings is 1. The van der Waals surface area contributed by atoms with Gasteiger partial charge in [0.15, 0.2) is 0 Å². The Morgan fingerprint density at radius 3 is 2.30 bits per heavy atom. The second-order valence-corrected chi connectivity index (χ2v) is 13.9. The smallest absolute Gasteiger partial charge is 0.328 e. The van der Waals surface area contributed by atoms with Gasteiger partial charge in [0.05, 0.1) is 31.4 Å². The van der Waals surface area contributed by atoms with Crippen LogP contribution in [0.15, 0.2) is 30.3 Å². The molecule has 2 heterocycles.